The zero-order chi connectivity index (χ0) is 36.5. The molecule has 5 heterocycles. The molecule has 7 nitrogen and oxygen atoms in total. The maximum absolute atomic E-state index is 17.7. The number of nitrogens with zero attached hydrogens (tertiary/aromatic N) is 6. The average Bonchev–Trinajstić information content (AvgIpc) is 3.73. The van der Waals surface area contributed by atoms with Gasteiger partial charge in [0.1, 0.15) is 23.0 Å². The van der Waals surface area contributed by atoms with Gasteiger partial charge in [0.25, 0.3) is 0 Å². The predicted octanol–water partition coefficient (Wildman–Crippen LogP) is 7.37. The van der Waals surface area contributed by atoms with E-state index in [0.29, 0.717) is 58.3 Å². The summed E-state index contributed by atoms with van der Waals surface area (Å²) in [6, 6.07) is 7.03. The van der Waals surface area contributed by atoms with Crippen LogP contribution >= 0.6 is 0 Å². The number of terminal acetylenes is 1. The average molecular weight is 712 g/mol. The molecule has 0 spiro atoms. The van der Waals surface area contributed by atoms with Crippen LogP contribution in [-0.2, 0) is 6.42 Å². The lowest BCUT2D eigenvalue weighted by Gasteiger charge is -2.41. The smallest absolute Gasteiger partial charge is 0.239 e. The molecule has 272 valence electrons. The number of piperazine rings is 1. The molecule has 4 aromatic rings. The van der Waals surface area contributed by atoms with Gasteiger partial charge in [-0.1, -0.05) is 24.1 Å². The van der Waals surface area contributed by atoms with Crippen LogP contribution in [0.5, 0.6) is 0 Å². The number of hydrogen-bond acceptors (Lipinski definition) is 7. The molecule has 3 aromatic carbocycles. The first-order valence-electron chi connectivity index (χ1n) is 18.5. The highest BCUT2D eigenvalue weighted by Crippen LogP contribution is 2.48. The third-order valence-electron chi connectivity index (χ3n) is 12.2. The molecule has 1 aromatic heterocycles. The van der Waals surface area contributed by atoms with Gasteiger partial charge in [-0.15, -0.1) is 6.42 Å². The second kappa shape index (κ2) is 13.3. The van der Waals surface area contributed by atoms with Gasteiger partial charge in [0, 0.05) is 79.9 Å². The number of alkyl halides is 2. The van der Waals surface area contributed by atoms with Crippen molar-refractivity contribution in [3.05, 3.63) is 58.4 Å². The quantitative estimate of drug-likeness (QED) is 0.0891. The summed E-state index contributed by atoms with van der Waals surface area (Å²) in [4.78, 5) is 21.7. The lowest BCUT2D eigenvalue weighted by atomic mass is 9.85. The first-order valence-corrected chi connectivity index (χ1v) is 18.5. The number of aromatic nitrogens is 2. The summed E-state index contributed by atoms with van der Waals surface area (Å²) in [5.41, 5.74) is 8.99. The Balaban J connectivity index is 1.34. The van der Waals surface area contributed by atoms with E-state index in [1.807, 2.05) is 13.0 Å². The highest BCUT2D eigenvalue weighted by atomic mass is 19.3. The minimum atomic E-state index is -2.32. The number of benzene rings is 3. The zero-order valence-corrected chi connectivity index (χ0v) is 30.0. The number of aryl methyl sites for hydroxylation is 2. The molecule has 8 rings (SSSR count). The van der Waals surface area contributed by atoms with Crippen molar-refractivity contribution in [3.8, 4) is 23.5 Å². The number of anilines is 2. The number of rotatable bonds is 8. The number of hydrogen-bond donors (Lipinski definition) is 1. The first-order chi connectivity index (χ1) is 25.0. The Hall–Kier alpha value is -4.27. The van der Waals surface area contributed by atoms with Crippen LogP contribution in [0.2, 0.25) is 0 Å². The van der Waals surface area contributed by atoms with Gasteiger partial charge in [-0.05, 0) is 87.5 Å². The molecule has 4 aliphatic rings. The molecule has 4 saturated heterocycles. The summed E-state index contributed by atoms with van der Waals surface area (Å²) in [5, 5.41) is 1.59. The number of aliphatic imine (C=N–C) groups is 1. The van der Waals surface area contributed by atoms with Gasteiger partial charge in [-0.25, -0.2) is 27.5 Å². The summed E-state index contributed by atoms with van der Waals surface area (Å²) in [5.74, 6) is 2.42. The molecule has 0 saturated carbocycles. The molecule has 2 bridgehead atoms. The van der Waals surface area contributed by atoms with Crippen molar-refractivity contribution in [1.29, 1.82) is 0 Å². The van der Waals surface area contributed by atoms with E-state index in [1.165, 1.54) is 6.07 Å². The summed E-state index contributed by atoms with van der Waals surface area (Å²) >= 11 is 0. The fourth-order valence-electron chi connectivity index (χ4n) is 10.2. The van der Waals surface area contributed by atoms with Crippen LogP contribution in [0.4, 0.5) is 29.1 Å². The minimum Gasteiger partial charge on any atom is -0.398 e. The first kappa shape index (κ1) is 34.8. The largest absolute Gasteiger partial charge is 0.398 e. The molecule has 52 heavy (non-hydrogen) atoms. The lowest BCUT2D eigenvalue weighted by molar-refractivity contribution is 0.115. The van der Waals surface area contributed by atoms with E-state index in [0.717, 1.165) is 57.3 Å². The molecular weight excluding hydrogens is 666 g/mol. The van der Waals surface area contributed by atoms with Crippen LogP contribution in [0.15, 0.2) is 29.3 Å². The van der Waals surface area contributed by atoms with Crippen LogP contribution in [0, 0.1) is 36.8 Å². The van der Waals surface area contributed by atoms with E-state index in [-0.39, 0.29) is 52.3 Å². The lowest BCUT2D eigenvalue weighted by Crippen LogP contribution is -2.53. The number of likely N-dealkylation sites (tertiary alicyclic amines) is 1. The van der Waals surface area contributed by atoms with Gasteiger partial charge in [0.05, 0.1) is 16.6 Å². The maximum atomic E-state index is 17.7. The second-order valence-corrected chi connectivity index (χ2v) is 15.6. The minimum absolute atomic E-state index is 0.0391. The number of nitrogen functional groups attached to an aromatic ring is 1. The molecule has 4 atom stereocenters. The normalized spacial score (nSPS) is 25.0. The van der Waals surface area contributed by atoms with Gasteiger partial charge >= 0.3 is 0 Å². The fourth-order valence-corrected chi connectivity index (χ4v) is 10.2. The maximum Gasteiger partial charge on any atom is 0.239 e. The van der Waals surface area contributed by atoms with Crippen LogP contribution in [-0.4, -0.2) is 90.3 Å². The van der Waals surface area contributed by atoms with E-state index < -0.39 is 18.1 Å². The van der Waals surface area contributed by atoms with Crippen LogP contribution in [0.3, 0.4) is 0 Å². The predicted molar refractivity (Wildman–Crippen MR) is 200 cm³/mol. The Morgan fingerprint density at radius 2 is 1.88 bits per heavy atom. The third kappa shape index (κ3) is 5.70. The topological polar surface area (TPSA) is 73.9 Å². The summed E-state index contributed by atoms with van der Waals surface area (Å²) < 4.78 is 59.8. The summed E-state index contributed by atoms with van der Waals surface area (Å²) in [6.45, 7) is 5.18. The van der Waals surface area contributed by atoms with Crippen molar-refractivity contribution >= 4 is 39.4 Å². The van der Waals surface area contributed by atoms with Crippen LogP contribution in [0.1, 0.15) is 67.5 Å². The molecule has 4 unspecified atom stereocenters. The van der Waals surface area contributed by atoms with Crippen molar-refractivity contribution in [2.75, 3.05) is 50.9 Å². The monoisotopic (exact) mass is 711 g/mol. The fraction of sp³-hybridized carbons (Fsp3) is 0.488. The van der Waals surface area contributed by atoms with Crippen molar-refractivity contribution in [1.82, 2.24) is 19.8 Å². The van der Waals surface area contributed by atoms with Crippen molar-refractivity contribution in [3.63, 3.8) is 0 Å². The summed E-state index contributed by atoms with van der Waals surface area (Å²) in [6.07, 6.45) is 10.9. The third-order valence-corrected chi connectivity index (χ3v) is 12.2. The number of halogens is 4. The Bertz CT molecular complexity index is 2130. The van der Waals surface area contributed by atoms with Gasteiger partial charge in [0.15, 0.2) is 5.82 Å². The molecular formula is C41H45F4N7. The van der Waals surface area contributed by atoms with Crippen molar-refractivity contribution in [2.45, 2.75) is 82.3 Å². The van der Waals surface area contributed by atoms with Crippen LogP contribution < -0.4 is 10.6 Å². The standard InChI is InChI=1S/C41H45F4N7/c1-5-28-31(42)10-7-25-15-23(2)16-29(34(25)28)35-37(45)39-36(30(19-47-3)38(35)46)40(52-26-8-9-27(52)22-50(4)21-26)49-33(48-39)11-13-41-12-6-14-51(41)20-24(18-41)17-32(43)44/h1,7,10,15-16,19,24,26-27,32H,6,8-9,11-14,17-18,20-22,46H2,2-4H3. The van der Waals surface area contributed by atoms with Gasteiger partial charge in [-0.3, -0.25) is 9.89 Å². The van der Waals surface area contributed by atoms with E-state index >= 15 is 8.78 Å². The highest BCUT2D eigenvalue weighted by Gasteiger charge is 2.48. The van der Waals surface area contributed by atoms with Crippen molar-refractivity contribution in [2.24, 2.45) is 10.9 Å². The highest BCUT2D eigenvalue weighted by molar-refractivity contribution is 6.15. The molecule has 11 heteroatoms. The second-order valence-electron chi connectivity index (χ2n) is 15.6. The molecule has 4 fully saturated rings. The Kier molecular flexibility index (Phi) is 8.90. The van der Waals surface area contributed by atoms with Gasteiger partial charge in [-0.2, -0.15) is 0 Å². The van der Waals surface area contributed by atoms with Gasteiger partial charge in [0.2, 0.25) is 6.43 Å². The van der Waals surface area contributed by atoms with Gasteiger partial charge < -0.3 is 15.5 Å². The zero-order valence-electron chi connectivity index (χ0n) is 30.0. The van der Waals surface area contributed by atoms with Crippen molar-refractivity contribution < 1.29 is 17.6 Å². The van der Waals surface area contributed by atoms with E-state index in [4.69, 9.17) is 22.1 Å². The molecule has 0 aliphatic carbocycles. The van der Waals surface area contributed by atoms with E-state index in [9.17, 15) is 8.78 Å². The number of fused-ring (bicyclic) bond motifs is 5. The molecule has 2 N–H and O–H groups in total. The van der Waals surface area contributed by atoms with E-state index in [2.05, 4.69) is 32.7 Å². The van der Waals surface area contributed by atoms with Crippen LogP contribution in [0.25, 0.3) is 32.8 Å². The Morgan fingerprint density at radius 3 is 2.60 bits per heavy atom. The number of likely N-dealkylation sites (N-methyl/N-ethyl adjacent to an activating group) is 1. The summed E-state index contributed by atoms with van der Waals surface area (Å²) in [7, 11) is 3.77. The van der Waals surface area contributed by atoms with E-state index in [1.54, 1.807) is 25.4 Å². The Morgan fingerprint density at radius 1 is 1.12 bits per heavy atom. The molecule has 0 radical (unpaired) electrons. The SMILES string of the molecule is C#Cc1c(F)ccc2cc(C)cc(-c3c(N)c(C=NC)c4c(N5C6CCC5CN(C)C6)nc(CCC56CCCN5CC(CC(F)F)C6)nc4c3F)c12. The molecule has 4 aliphatic heterocycles. The molecule has 0 amide bonds. The Labute approximate surface area is 302 Å². The number of nitrogens with two attached hydrogens (primary N) is 1.